The van der Waals surface area contributed by atoms with Gasteiger partial charge in [0.1, 0.15) is 4.32 Å². The number of thiocarbonyl (C=S) groups is 1. The Labute approximate surface area is 115 Å². The summed E-state index contributed by atoms with van der Waals surface area (Å²) in [5, 5.41) is 3.29. The summed E-state index contributed by atoms with van der Waals surface area (Å²) in [7, 11) is 0. The molecule has 0 amide bonds. The fourth-order valence-electron chi connectivity index (χ4n) is 1.13. The SMILES string of the molecule is CCCCCNC(=S)SCCCCC.[Fe]. The molecule has 0 saturated heterocycles. The predicted molar refractivity (Wildman–Crippen MR) is 72.1 cm³/mol. The average Bonchev–Trinajstić information content (AvgIpc) is 2.19. The molecule has 15 heavy (non-hydrogen) atoms. The maximum atomic E-state index is 5.21. The van der Waals surface area contributed by atoms with Gasteiger partial charge in [0.25, 0.3) is 0 Å². The molecule has 92 valence electrons. The van der Waals surface area contributed by atoms with Crippen molar-refractivity contribution in [2.45, 2.75) is 52.4 Å². The van der Waals surface area contributed by atoms with Crippen LogP contribution in [0.4, 0.5) is 0 Å². The van der Waals surface area contributed by atoms with Crippen LogP contribution in [0.2, 0.25) is 0 Å². The Morgan fingerprint density at radius 1 is 1.07 bits per heavy atom. The molecule has 0 aliphatic heterocycles. The summed E-state index contributed by atoms with van der Waals surface area (Å²) in [6.07, 6.45) is 7.72. The maximum Gasteiger partial charge on any atom is 0.133 e. The normalized spacial score (nSPS) is 9.47. The molecule has 0 aliphatic rings. The van der Waals surface area contributed by atoms with Crippen LogP contribution < -0.4 is 5.32 Å². The first-order valence-corrected chi connectivity index (χ1v) is 7.11. The van der Waals surface area contributed by atoms with Gasteiger partial charge in [-0.3, -0.25) is 0 Å². The summed E-state index contributed by atoms with van der Waals surface area (Å²) in [6, 6.07) is 0. The fraction of sp³-hybridized carbons (Fsp3) is 0.909. The van der Waals surface area contributed by atoms with E-state index in [0.29, 0.717) is 0 Å². The quantitative estimate of drug-likeness (QED) is 0.412. The molecule has 1 nitrogen and oxygen atoms in total. The summed E-state index contributed by atoms with van der Waals surface area (Å²) >= 11 is 7.00. The zero-order chi connectivity index (χ0) is 10.6. The van der Waals surface area contributed by atoms with Crippen LogP contribution in [0.5, 0.6) is 0 Å². The van der Waals surface area contributed by atoms with Gasteiger partial charge in [-0.05, 0) is 12.8 Å². The molecule has 0 aliphatic carbocycles. The van der Waals surface area contributed by atoms with Gasteiger partial charge in [0.05, 0.1) is 0 Å². The van der Waals surface area contributed by atoms with E-state index in [-0.39, 0.29) is 17.1 Å². The van der Waals surface area contributed by atoms with E-state index in [0.717, 1.165) is 10.9 Å². The third-order valence-corrected chi connectivity index (χ3v) is 3.43. The van der Waals surface area contributed by atoms with Crippen LogP contribution in [0, 0.1) is 0 Å². The van der Waals surface area contributed by atoms with Gasteiger partial charge in [-0.2, -0.15) is 0 Å². The van der Waals surface area contributed by atoms with Gasteiger partial charge in [-0.1, -0.05) is 63.5 Å². The van der Waals surface area contributed by atoms with Crippen LogP contribution in [0.3, 0.4) is 0 Å². The second-order valence-corrected chi connectivity index (χ2v) is 5.25. The minimum absolute atomic E-state index is 0. The molecule has 0 aromatic carbocycles. The molecule has 0 bridgehead atoms. The Kier molecular flexibility index (Phi) is 17.8. The van der Waals surface area contributed by atoms with Gasteiger partial charge < -0.3 is 5.32 Å². The molecule has 0 heterocycles. The van der Waals surface area contributed by atoms with Crippen LogP contribution in [0.1, 0.15) is 52.4 Å². The van der Waals surface area contributed by atoms with Crippen LogP contribution in [0.15, 0.2) is 0 Å². The number of hydrogen-bond acceptors (Lipinski definition) is 2. The van der Waals surface area contributed by atoms with Crippen molar-refractivity contribution in [3.8, 4) is 0 Å². The van der Waals surface area contributed by atoms with Gasteiger partial charge in [-0.25, -0.2) is 0 Å². The number of nitrogens with one attached hydrogen (secondary N) is 1. The summed E-state index contributed by atoms with van der Waals surface area (Å²) in [5.74, 6) is 1.17. The molecule has 1 N–H and O–H groups in total. The largest absolute Gasteiger partial charge is 0.371 e. The monoisotopic (exact) mass is 289 g/mol. The smallest absolute Gasteiger partial charge is 0.133 e. The Bertz CT molecular complexity index is 129. The molecule has 0 atom stereocenters. The van der Waals surface area contributed by atoms with Crippen LogP contribution in [0.25, 0.3) is 0 Å². The minimum Gasteiger partial charge on any atom is -0.371 e. The molecule has 0 aromatic heterocycles. The van der Waals surface area contributed by atoms with Crippen molar-refractivity contribution in [2.24, 2.45) is 0 Å². The molecule has 0 aromatic rings. The van der Waals surface area contributed by atoms with Gasteiger partial charge in [0.2, 0.25) is 0 Å². The fourth-order valence-corrected chi connectivity index (χ4v) is 2.22. The van der Waals surface area contributed by atoms with Crippen LogP contribution >= 0.6 is 24.0 Å². The number of hydrogen-bond donors (Lipinski definition) is 1. The van der Waals surface area contributed by atoms with Crippen molar-refractivity contribution < 1.29 is 17.1 Å². The predicted octanol–water partition coefficient (Wildman–Crippen LogP) is 3.97. The van der Waals surface area contributed by atoms with Crippen molar-refractivity contribution in [1.82, 2.24) is 5.32 Å². The number of unbranched alkanes of at least 4 members (excludes halogenated alkanes) is 4. The second kappa shape index (κ2) is 14.8. The van der Waals surface area contributed by atoms with Crippen LogP contribution in [-0.2, 0) is 17.1 Å². The number of rotatable bonds is 8. The Morgan fingerprint density at radius 2 is 1.67 bits per heavy atom. The maximum absolute atomic E-state index is 5.21. The minimum atomic E-state index is 0. The summed E-state index contributed by atoms with van der Waals surface area (Å²) in [6.45, 7) is 5.50. The average molecular weight is 289 g/mol. The van der Waals surface area contributed by atoms with E-state index >= 15 is 0 Å². The van der Waals surface area contributed by atoms with Crippen molar-refractivity contribution in [3.05, 3.63) is 0 Å². The van der Waals surface area contributed by atoms with E-state index in [2.05, 4.69) is 19.2 Å². The summed E-state index contributed by atoms with van der Waals surface area (Å²) in [5.41, 5.74) is 0. The van der Waals surface area contributed by atoms with E-state index in [1.54, 1.807) is 11.8 Å². The van der Waals surface area contributed by atoms with E-state index in [9.17, 15) is 0 Å². The van der Waals surface area contributed by atoms with E-state index in [4.69, 9.17) is 12.2 Å². The van der Waals surface area contributed by atoms with E-state index in [1.165, 1.54) is 44.3 Å². The molecular formula is C11H23FeNS2. The summed E-state index contributed by atoms with van der Waals surface area (Å²) < 4.78 is 0.984. The first kappa shape index (κ1) is 18.1. The third-order valence-electron chi connectivity index (χ3n) is 2.03. The van der Waals surface area contributed by atoms with Gasteiger partial charge >= 0.3 is 0 Å². The first-order valence-electron chi connectivity index (χ1n) is 5.71. The van der Waals surface area contributed by atoms with E-state index in [1.807, 2.05) is 0 Å². The third kappa shape index (κ3) is 14.8. The summed E-state index contributed by atoms with van der Waals surface area (Å²) in [4.78, 5) is 0. The van der Waals surface area contributed by atoms with E-state index < -0.39 is 0 Å². The standard InChI is InChI=1S/C11H23NS2.Fe/c1-3-5-7-9-12-11(13)14-10-8-6-4-2;/h3-10H2,1-2H3,(H,12,13);. The van der Waals surface area contributed by atoms with Crippen molar-refractivity contribution >= 4 is 28.3 Å². The van der Waals surface area contributed by atoms with Crippen molar-refractivity contribution in [2.75, 3.05) is 12.3 Å². The topological polar surface area (TPSA) is 12.0 Å². The zero-order valence-electron chi connectivity index (χ0n) is 9.83. The second-order valence-electron chi connectivity index (χ2n) is 3.48. The Balaban J connectivity index is 0. The molecule has 0 radical (unpaired) electrons. The molecular weight excluding hydrogens is 266 g/mol. The van der Waals surface area contributed by atoms with Crippen molar-refractivity contribution in [3.63, 3.8) is 0 Å². The molecule has 0 fully saturated rings. The van der Waals surface area contributed by atoms with Gasteiger partial charge in [0.15, 0.2) is 0 Å². The Hall–Kier alpha value is 0.759. The molecule has 4 heteroatoms. The molecule has 0 spiro atoms. The molecule has 0 unspecified atom stereocenters. The number of thioether (sulfide) groups is 1. The molecule has 0 rings (SSSR count). The first-order chi connectivity index (χ1) is 6.81. The molecule has 0 saturated carbocycles. The zero-order valence-corrected chi connectivity index (χ0v) is 12.6. The van der Waals surface area contributed by atoms with Crippen molar-refractivity contribution in [1.29, 1.82) is 0 Å². The van der Waals surface area contributed by atoms with Gasteiger partial charge in [-0.15, -0.1) is 0 Å². The Morgan fingerprint density at radius 3 is 2.27 bits per heavy atom. The van der Waals surface area contributed by atoms with Crippen LogP contribution in [-0.4, -0.2) is 16.6 Å². The van der Waals surface area contributed by atoms with Gasteiger partial charge in [0, 0.05) is 29.4 Å².